The van der Waals surface area contributed by atoms with Crippen LogP contribution in [0.25, 0.3) is 6.08 Å². The zero-order chi connectivity index (χ0) is 30.9. The molecule has 0 aliphatic rings. The molecule has 1 unspecified atom stereocenters. The predicted octanol–water partition coefficient (Wildman–Crippen LogP) is 7.43. The van der Waals surface area contributed by atoms with E-state index in [0.29, 0.717) is 32.4 Å². The summed E-state index contributed by atoms with van der Waals surface area (Å²) in [6.45, 7) is 1.73. The molecule has 12 heteroatoms. The number of non-ortho nitro benzene ring substituents is 1. The number of anilines is 2. The van der Waals surface area contributed by atoms with Crippen LogP contribution in [0.5, 0.6) is 0 Å². The summed E-state index contributed by atoms with van der Waals surface area (Å²) in [7, 11) is 0. The number of rotatable bonds is 10. The highest BCUT2D eigenvalue weighted by Crippen LogP contribution is 2.31. The lowest BCUT2D eigenvalue weighted by molar-refractivity contribution is -0.384. The van der Waals surface area contributed by atoms with Crippen LogP contribution in [-0.2, 0) is 9.59 Å². The summed E-state index contributed by atoms with van der Waals surface area (Å²) in [6.07, 6.45) is 1.42. The van der Waals surface area contributed by atoms with Crippen LogP contribution >= 0.6 is 35.0 Å². The Morgan fingerprint density at radius 2 is 1.58 bits per heavy atom. The van der Waals surface area contributed by atoms with Crippen molar-refractivity contribution >= 4 is 75.8 Å². The number of benzene rings is 4. The molecule has 0 saturated carbocycles. The van der Waals surface area contributed by atoms with Gasteiger partial charge in [0.25, 0.3) is 17.5 Å². The average Bonchev–Trinajstić information content (AvgIpc) is 3.00. The van der Waals surface area contributed by atoms with E-state index in [1.54, 1.807) is 79.7 Å². The molecule has 0 fully saturated rings. The van der Waals surface area contributed by atoms with Gasteiger partial charge in [-0.2, -0.15) is 0 Å². The lowest BCUT2D eigenvalue weighted by Gasteiger charge is -2.15. The van der Waals surface area contributed by atoms with Gasteiger partial charge in [-0.25, -0.2) is 0 Å². The molecule has 4 rings (SSSR count). The molecule has 0 aliphatic carbocycles. The molecule has 4 aromatic rings. The van der Waals surface area contributed by atoms with Crippen LogP contribution in [-0.4, -0.2) is 27.9 Å². The summed E-state index contributed by atoms with van der Waals surface area (Å²) in [5.74, 6) is -1.42. The van der Waals surface area contributed by atoms with Crippen LogP contribution in [0.1, 0.15) is 22.8 Å². The first-order valence-electron chi connectivity index (χ1n) is 12.8. The molecule has 3 amide bonds. The van der Waals surface area contributed by atoms with E-state index >= 15 is 0 Å². The van der Waals surface area contributed by atoms with Crippen LogP contribution < -0.4 is 16.0 Å². The largest absolute Gasteiger partial charge is 0.324 e. The van der Waals surface area contributed by atoms with Gasteiger partial charge < -0.3 is 16.0 Å². The van der Waals surface area contributed by atoms with Crippen molar-refractivity contribution in [3.8, 4) is 0 Å². The maximum absolute atomic E-state index is 13.4. The molecule has 0 bridgehead atoms. The average molecular weight is 636 g/mol. The molecule has 43 heavy (non-hydrogen) atoms. The van der Waals surface area contributed by atoms with Crippen molar-refractivity contribution in [2.75, 3.05) is 10.6 Å². The fourth-order valence-electron chi connectivity index (χ4n) is 3.74. The number of nitro groups is 1. The Balaban J connectivity index is 1.50. The maximum Gasteiger partial charge on any atom is 0.272 e. The zero-order valence-corrected chi connectivity index (χ0v) is 24.9. The third-order valence-corrected chi connectivity index (χ3v) is 7.84. The van der Waals surface area contributed by atoms with Gasteiger partial charge in [0.1, 0.15) is 5.70 Å². The highest BCUT2D eigenvalue weighted by molar-refractivity contribution is 8.00. The Bertz CT molecular complexity index is 1700. The molecule has 3 N–H and O–H groups in total. The van der Waals surface area contributed by atoms with E-state index in [4.69, 9.17) is 23.2 Å². The van der Waals surface area contributed by atoms with Crippen molar-refractivity contribution in [1.82, 2.24) is 5.32 Å². The third-order valence-electron chi connectivity index (χ3n) is 5.93. The quantitative estimate of drug-likeness (QED) is 0.0719. The maximum atomic E-state index is 13.4. The Kier molecular flexibility index (Phi) is 10.6. The number of nitrogens with one attached hydrogen (secondary N) is 3. The Morgan fingerprint density at radius 3 is 2.28 bits per heavy atom. The van der Waals surface area contributed by atoms with Crippen LogP contribution in [0, 0.1) is 10.1 Å². The molecule has 0 radical (unpaired) electrons. The number of thioether (sulfide) groups is 1. The summed E-state index contributed by atoms with van der Waals surface area (Å²) in [5.41, 5.74) is 1.44. The van der Waals surface area contributed by atoms with Gasteiger partial charge in [-0.1, -0.05) is 53.5 Å². The fourth-order valence-corrected chi connectivity index (χ4v) is 5.01. The SMILES string of the molecule is CC(Sc1cccc(NC(=O)/C(=C\c2ccc([N+](=O)[O-])cc2)NC(=O)c2ccccc2)c1)C(=O)Nc1cccc(Cl)c1Cl. The lowest BCUT2D eigenvalue weighted by Crippen LogP contribution is -2.30. The van der Waals surface area contributed by atoms with E-state index in [1.807, 2.05) is 0 Å². The van der Waals surface area contributed by atoms with Gasteiger partial charge in [-0.15, -0.1) is 11.8 Å². The van der Waals surface area contributed by atoms with Crippen LogP contribution in [0.3, 0.4) is 0 Å². The van der Waals surface area contributed by atoms with Crippen LogP contribution in [0.4, 0.5) is 17.1 Å². The van der Waals surface area contributed by atoms with E-state index in [-0.39, 0.29) is 22.3 Å². The minimum atomic E-state index is -0.619. The summed E-state index contributed by atoms with van der Waals surface area (Å²) in [5, 5.41) is 19.2. The van der Waals surface area contributed by atoms with Crippen LogP contribution in [0.15, 0.2) is 108 Å². The van der Waals surface area contributed by atoms with Crippen LogP contribution in [0.2, 0.25) is 10.0 Å². The van der Waals surface area contributed by atoms with Gasteiger partial charge in [0, 0.05) is 28.3 Å². The number of amides is 3. The van der Waals surface area contributed by atoms with Crippen molar-refractivity contribution in [1.29, 1.82) is 0 Å². The van der Waals surface area contributed by atoms with Crippen molar-refractivity contribution in [2.24, 2.45) is 0 Å². The predicted molar refractivity (Wildman–Crippen MR) is 170 cm³/mol. The Hall–Kier alpha value is -4.64. The number of nitrogens with zero attached hydrogens (tertiary/aromatic N) is 1. The highest BCUT2D eigenvalue weighted by Gasteiger charge is 2.18. The molecule has 4 aromatic carbocycles. The standard InChI is InChI=1S/C31H24Cl2N4O5S/c1-19(29(38)35-26-12-6-11-25(32)28(26)33)43-24-10-5-9-22(18-24)34-31(40)27(36-30(39)21-7-3-2-4-8-21)17-20-13-15-23(16-14-20)37(41)42/h2-19H,1H3,(H,34,40)(H,35,38)(H,36,39)/b27-17+. The molecule has 0 aromatic heterocycles. The minimum absolute atomic E-state index is 0.0769. The summed E-state index contributed by atoms with van der Waals surface area (Å²) < 4.78 is 0. The smallest absolute Gasteiger partial charge is 0.272 e. The van der Waals surface area contributed by atoms with Gasteiger partial charge in [-0.3, -0.25) is 24.5 Å². The minimum Gasteiger partial charge on any atom is -0.324 e. The molecule has 0 aliphatic heterocycles. The number of carbonyl (C=O) groups excluding carboxylic acids is 3. The summed E-state index contributed by atoms with van der Waals surface area (Å²) in [4.78, 5) is 50.2. The van der Waals surface area contributed by atoms with Gasteiger partial charge in [-0.05, 0) is 73.2 Å². The van der Waals surface area contributed by atoms with Gasteiger partial charge in [0.15, 0.2) is 0 Å². The topological polar surface area (TPSA) is 130 Å². The molecule has 1 atom stereocenters. The normalized spacial score (nSPS) is 11.7. The number of hydrogen-bond acceptors (Lipinski definition) is 6. The Morgan fingerprint density at radius 1 is 0.884 bits per heavy atom. The van der Waals surface area contributed by atoms with Gasteiger partial charge in [0.05, 0.1) is 25.9 Å². The molecule has 0 saturated heterocycles. The molecule has 0 heterocycles. The van der Waals surface area contributed by atoms with E-state index in [9.17, 15) is 24.5 Å². The van der Waals surface area contributed by atoms with E-state index in [2.05, 4.69) is 16.0 Å². The van der Waals surface area contributed by atoms with E-state index < -0.39 is 22.0 Å². The molecule has 218 valence electrons. The van der Waals surface area contributed by atoms with Crippen molar-refractivity contribution in [3.63, 3.8) is 0 Å². The second kappa shape index (κ2) is 14.5. The second-order valence-corrected chi connectivity index (χ2v) is 11.3. The van der Waals surface area contributed by atoms with Crippen molar-refractivity contribution in [3.05, 3.63) is 134 Å². The number of carbonyl (C=O) groups is 3. The summed E-state index contributed by atoms with van der Waals surface area (Å²) in [6, 6.07) is 25.8. The van der Waals surface area contributed by atoms with Crippen molar-refractivity contribution < 1.29 is 19.3 Å². The first kappa shape index (κ1) is 31.3. The zero-order valence-electron chi connectivity index (χ0n) is 22.5. The van der Waals surface area contributed by atoms with E-state index in [1.165, 1.54) is 42.1 Å². The van der Waals surface area contributed by atoms with Gasteiger partial charge >= 0.3 is 0 Å². The second-order valence-electron chi connectivity index (χ2n) is 9.06. The number of nitro benzene ring substituents is 1. The Labute approximate surface area is 261 Å². The number of hydrogen-bond donors (Lipinski definition) is 3. The molecule has 9 nitrogen and oxygen atoms in total. The molecular weight excluding hydrogens is 611 g/mol. The highest BCUT2D eigenvalue weighted by atomic mass is 35.5. The monoisotopic (exact) mass is 634 g/mol. The first-order valence-corrected chi connectivity index (χ1v) is 14.4. The van der Waals surface area contributed by atoms with E-state index in [0.717, 1.165) is 0 Å². The van der Waals surface area contributed by atoms with Crippen molar-refractivity contribution in [2.45, 2.75) is 17.1 Å². The fraction of sp³-hybridized carbons (Fsp3) is 0.0645. The summed E-state index contributed by atoms with van der Waals surface area (Å²) >= 11 is 13.5. The number of halogens is 2. The molecular formula is C31H24Cl2N4O5S. The first-order chi connectivity index (χ1) is 20.6. The van der Waals surface area contributed by atoms with Gasteiger partial charge in [0.2, 0.25) is 5.91 Å². The lowest BCUT2D eigenvalue weighted by atomic mass is 10.1. The molecule has 0 spiro atoms. The third kappa shape index (κ3) is 8.68.